The molecule has 0 aliphatic carbocycles. The first-order valence-corrected chi connectivity index (χ1v) is 15.3. The number of carbonyl (C=O) groups is 1. The summed E-state index contributed by atoms with van der Waals surface area (Å²) in [4.78, 5) is 17.7. The van der Waals surface area contributed by atoms with E-state index in [0.29, 0.717) is 30.9 Å². The number of anilines is 1. The molecule has 0 atom stereocenters. The first-order chi connectivity index (χ1) is 20.6. The minimum atomic E-state index is -0.302. The van der Waals surface area contributed by atoms with Gasteiger partial charge in [-0.1, -0.05) is 55.0 Å². The summed E-state index contributed by atoms with van der Waals surface area (Å²) in [6.07, 6.45) is 8.00. The number of benzene rings is 3. The molecule has 1 fully saturated rings. The highest BCUT2D eigenvalue weighted by Gasteiger charge is 2.15. The minimum Gasteiger partial charge on any atom is -0.508 e. The van der Waals surface area contributed by atoms with Crippen LogP contribution in [-0.4, -0.2) is 60.3 Å². The fourth-order valence-electron chi connectivity index (χ4n) is 5.30. The number of rotatable bonds is 15. The number of aliphatic hydroxyl groups is 1. The van der Waals surface area contributed by atoms with Crippen molar-refractivity contribution < 1.29 is 19.7 Å². The summed E-state index contributed by atoms with van der Waals surface area (Å²) in [6, 6.07) is 23.4. The number of hydrogen-bond acceptors (Lipinski definition) is 6. The van der Waals surface area contributed by atoms with E-state index in [-0.39, 0.29) is 24.7 Å². The molecule has 1 aliphatic rings. The van der Waals surface area contributed by atoms with Crippen LogP contribution >= 0.6 is 0 Å². The van der Waals surface area contributed by atoms with E-state index in [9.17, 15) is 15.0 Å². The van der Waals surface area contributed by atoms with Crippen molar-refractivity contribution in [1.82, 2.24) is 4.90 Å². The van der Waals surface area contributed by atoms with Crippen molar-refractivity contribution in [1.29, 1.82) is 0 Å². The van der Waals surface area contributed by atoms with Gasteiger partial charge in [-0.25, -0.2) is 0 Å². The molecule has 1 aliphatic heterocycles. The number of ketones is 1. The maximum Gasteiger partial charge on any atom is 0.176 e. The summed E-state index contributed by atoms with van der Waals surface area (Å²) < 4.78 is 5.74. The largest absolute Gasteiger partial charge is 0.508 e. The number of nitrogens with zero attached hydrogens (tertiary/aromatic N) is 2. The number of carbonyl (C=O) groups excluding carboxylic acids is 1. The van der Waals surface area contributed by atoms with Gasteiger partial charge in [0.05, 0.1) is 13.2 Å². The Morgan fingerprint density at radius 3 is 2.43 bits per heavy atom. The first-order valence-electron chi connectivity index (χ1n) is 15.3. The molecular formula is C36H44N2O4. The number of aliphatic hydroxyl groups excluding tert-OH is 1. The van der Waals surface area contributed by atoms with Gasteiger partial charge in [-0.05, 0) is 86.7 Å². The van der Waals surface area contributed by atoms with Crippen LogP contribution in [0.1, 0.15) is 72.0 Å². The number of hydrogen-bond donors (Lipinski definition) is 2. The Hall–Kier alpha value is -3.63. The zero-order valence-corrected chi connectivity index (χ0v) is 24.6. The molecule has 0 spiro atoms. The summed E-state index contributed by atoms with van der Waals surface area (Å²) >= 11 is 0. The third-order valence-corrected chi connectivity index (χ3v) is 7.70. The quantitative estimate of drug-likeness (QED) is 0.129. The number of piperidine rings is 1. The molecule has 42 heavy (non-hydrogen) atoms. The van der Waals surface area contributed by atoms with Gasteiger partial charge in [-0.15, -0.1) is 0 Å². The lowest BCUT2D eigenvalue weighted by Gasteiger charge is -2.28. The Labute approximate surface area is 250 Å². The highest BCUT2D eigenvalue weighted by Crippen LogP contribution is 2.21. The van der Waals surface area contributed by atoms with Crippen LogP contribution in [0.3, 0.4) is 0 Å². The fraction of sp³-hybridized carbons (Fsp3) is 0.417. The van der Waals surface area contributed by atoms with Crippen molar-refractivity contribution in [2.24, 2.45) is 0 Å². The van der Waals surface area contributed by atoms with Crippen LogP contribution < -0.4 is 4.90 Å². The fourth-order valence-corrected chi connectivity index (χ4v) is 5.30. The second-order valence-electron chi connectivity index (χ2n) is 11.0. The van der Waals surface area contributed by atoms with E-state index in [1.54, 1.807) is 12.1 Å². The second-order valence-corrected chi connectivity index (χ2v) is 11.0. The zero-order valence-electron chi connectivity index (χ0n) is 24.6. The lowest BCUT2D eigenvalue weighted by molar-refractivity contribution is 0.0923. The van der Waals surface area contributed by atoms with E-state index < -0.39 is 0 Å². The first kappa shape index (κ1) is 31.3. The molecule has 6 heteroatoms. The molecule has 4 rings (SSSR count). The number of ether oxygens (including phenoxy) is 1. The van der Waals surface area contributed by atoms with Crippen molar-refractivity contribution in [3.63, 3.8) is 0 Å². The van der Waals surface area contributed by atoms with Gasteiger partial charge in [0.2, 0.25) is 0 Å². The number of Topliss-reactive ketones (excluding diaryl/α,β-unsaturated/α-hetero) is 1. The van der Waals surface area contributed by atoms with Crippen LogP contribution in [-0.2, 0) is 17.9 Å². The van der Waals surface area contributed by atoms with E-state index in [1.807, 2.05) is 18.2 Å². The minimum absolute atomic E-state index is 0.00377. The monoisotopic (exact) mass is 568 g/mol. The van der Waals surface area contributed by atoms with Gasteiger partial charge in [0, 0.05) is 48.6 Å². The zero-order chi connectivity index (χ0) is 29.4. The summed E-state index contributed by atoms with van der Waals surface area (Å²) in [5.41, 5.74) is 4.35. The third-order valence-electron chi connectivity index (χ3n) is 7.70. The van der Waals surface area contributed by atoms with Crippen LogP contribution in [0.15, 0.2) is 72.8 Å². The van der Waals surface area contributed by atoms with Gasteiger partial charge in [0.1, 0.15) is 12.4 Å². The Bertz CT molecular complexity index is 1290. The molecule has 0 aromatic heterocycles. The average Bonchev–Trinajstić information content (AvgIpc) is 3.03. The standard InChI is InChI=1S/C36H44N2O4/c39-29-33-26-32(17-20-35(33)40)36(41)28-37(27-31-12-5-3-6-13-31)21-7-1-2-10-24-42-25-11-14-30-15-18-34(19-16-30)38-22-8-4-9-23-38/h3,5-6,12-13,15-20,26,39-40H,1-2,4,7-10,21-25,27-29H2. The van der Waals surface area contributed by atoms with E-state index in [0.717, 1.165) is 50.9 Å². The average molecular weight is 569 g/mol. The molecule has 0 radical (unpaired) electrons. The lowest BCUT2D eigenvalue weighted by Crippen LogP contribution is -2.30. The second kappa shape index (κ2) is 17.4. The van der Waals surface area contributed by atoms with E-state index in [4.69, 9.17) is 4.74 Å². The number of aromatic hydroxyl groups is 1. The van der Waals surface area contributed by atoms with Gasteiger partial charge in [0.25, 0.3) is 0 Å². The molecule has 0 amide bonds. The third kappa shape index (κ3) is 10.3. The van der Waals surface area contributed by atoms with Crippen LogP contribution in [0.25, 0.3) is 0 Å². The number of phenols is 1. The molecule has 1 saturated heterocycles. The Kier molecular flexibility index (Phi) is 12.9. The Balaban J connectivity index is 1.14. The summed E-state index contributed by atoms with van der Waals surface area (Å²) in [6.45, 7) is 4.93. The predicted molar refractivity (Wildman–Crippen MR) is 169 cm³/mol. The molecule has 2 N–H and O–H groups in total. The topological polar surface area (TPSA) is 73.2 Å². The normalized spacial score (nSPS) is 13.1. The summed E-state index contributed by atoms with van der Waals surface area (Å²) in [5, 5.41) is 19.3. The van der Waals surface area contributed by atoms with Crippen LogP contribution in [0.5, 0.6) is 5.75 Å². The van der Waals surface area contributed by atoms with Gasteiger partial charge in [0.15, 0.2) is 5.78 Å². The van der Waals surface area contributed by atoms with E-state index in [1.165, 1.54) is 36.6 Å². The summed E-state index contributed by atoms with van der Waals surface area (Å²) in [7, 11) is 0. The summed E-state index contributed by atoms with van der Waals surface area (Å²) in [5.74, 6) is 6.32. The van der Waals surface area contributed by atoms with Crippen molar-refractivity contribution in [3.05, 3.63) is 95.1 Å². The highest BCUT2D eigenvalue weighted by atomic mass is 16.5. The SMILES string of the molecule is O=C(CN(CCCCCCOCC#Cc1ccc(N2CCCCC2)cc1)Cc1ccccc1)c1ccc(O)c(CO)c1. The van der Waals surface area contributed by atoms with E-state index >= 15 is 0 Å². The molecule has 0 unspecified atom stereocenters. The highest BCUT2D eigenvalue weighted by molar-refractivity contribution is 5.98. The molecule has 0 bridgehead atoms. The molecule has 6 nitrogen and oxygen atoms in total. The van der Waals surface area contributed by atoms with Crippen molar-refractivity contribution in [3.8, 4) is 17.6 Å². The van der Waals surface area contributed by atoms with Crippen molar-refractivity contribution in [2.75, 3.05) is 44.3 Å². The Morgan fingerprint density at radius 2 is 1.67 bits per heavy atom. The van der Waals surface area contributed by atoms with Gasteiger partial charge in [-0.2, -0.15) is 0 Å². The van der Waals surface area contributed by atoms with Gasteiger partial charge in [-0.3, -0.25) is 9.69 Å². The van der Waals surface area contributed by atoms with Gasteiger partial charge >= 0.3 is 0 Å². The van der Waals surface area contributed by atoms with Crippen LogP contribution in [0, 0.1) is 11.8 Å². The number of unbranched alkanes of at least 4 members (excludes halogenated alkanes) is 3. The van der Waals surface area contributed by atoms with Crippen molar-refractivity contribution in [2.45, 2.75) is 58.1 Å². The predicted octanol–water partition coefficient (Wildman–Crippen LogP) is 6.19. The van der Waals surface area contributed by atoms with Crippen LogP contribution in [0.2, 0.25) is 0 Å². The molecule has 222 valence electrons. The molecular weight excluding hydrogens is 524 g/mol. The molecule has 1 heterocycles. The van der Waals surface area contributed by atoms with Crippen molar-refractivity contribution >= 4 is 11.5 Å². The van der Waals surface area contributed by atoms with Crippen LogP contribution in [0.4, 0.5) is 5.69 Å². The maximum absolute atomic E-state index is 13.0. The molecule has 0 saturated carbocycles. The Morgan fingerprint density at radius 1 is 0.905 bits per heavy atom. The smallest absolute Gasteiger partial charge is 0.176 e. The molecule has 3 aromatic carbocycles. The molecule has 3 aromatic rings. The maximum atomic E-state index is 13.0. The van der Waals surface area contributed by atoms with E-state index in [2.05, 4.69) is 58.0 Å². The van der Waals surface area contributed by atoms with Gasteiger partial charge < -0.3 is 19.8 Å². The lowest BCUT2D eigenvalue weighted by atomic mass is 10.1.